The fourth-order valence-corrected chi connectivity index (χ4v) is 5.43. The molecule has 0 saturated carbocycles. The fraction of sp³-hybridized carbons (Fsp3) is 0.320. The van der Waals surface area contributed by atoms with E-state index < -0.39 is 11.7 Å². The zero-order valence-electron chi connectivity index (χ0n) is 18.2. The highest BCUT2D eigenvalue weighted by Crippen LogP contribution is 2.34. The van der Waals surface area contributed by atoms with E-state index >= 15 is 0 Å². The normalized spacial score (nSPS) is 18.1. The standard InChI is InChI=1S/C25H25F3N4S/c1-16-13-21-23(22-18(3-2-10-30-22)14-31-24(21)33-16)32-12-11-29-20(15-32)9-6-17-4-7-19(8-5-17)25(26,27)28/h2-5,7-8,10,13-14,20,29,31H,6,9,11-12,15H2,1H3. The number of aryl methyl sites for hydroxylation is 2. The zero-order valence-corrected chi connectivity index (χ0v) is 19.1. The topological polar surface area (TPSA) is 40.2 Å². The van der Waals surface area contributed by atoms with Crippen LogP contribution in [0, 0.1) is 6.92 Å². The van der Waals surface area contributed by atoms with Crippen molar-refractivity contribution in [3.05, 3.63) is 80.8 Å². The van der Waals surface area contributed by atoms with E-state index in [9.17, 15) is 13.2 Å². The summed E-state index contributed by atoms with van der Waals surface area (Å²) >= 11 is 1.74. The van der Waals surface area contributed by atoms with E-state index in [4.69, 9.17) is 4.98 Å². The Balaban J connectivity index is 1.38. The van der Waals surface area contributed by atoms with E-state index in [-0.39, 0.29) is 6.04 Å². The summed E-state index contributed by atoms with van der Waals surface area (Å²) in [6, 6.07) is 12.0. The number of thiophene rings is 1. The molecule has 1 unspecified atom stereocenters. The third kappa shape index (κ3) is 4.63. The molecule has 1 atom stereocenters. The number of nitrogens with zero attached hydrogens (tertiary/aromatic N) is 2. The summed E-state index contributed by atoms with van der Waals surface area (Å²) < 4.78 is 38.5. The van der Waals surface area contributed by atoms with Gasteiger partial charge >= 0.3 is 6.18 Å². The Labute approximate surface area is 194 Å². The lowest BCUT2D eigenvalue weighted by molar-refractivity contribution is -0.137. The first-order valence-corrected chi connectivity index (χ1v) is 11.9. The molecule has 0 aliphatic carbocycles. The minimum Gasteiger partial charge on any atom is -0.366 e. The van der Waals surface area contributed by atoms with E-state index in [1.165, 1.54) is 22.6 Å². The lowest BCUT2D eigenvalue weighted by Crippen LogP contribution is -2.51. The molecular weight excluding hydrogens is 445 g/mol. The minimum absolute atomic E-state index is 0.240. The van der Waals surface area contributed by atoms with Crippen LogP contribution in [0.1, 0.15) is 28.0 Å². The molecule has 1 saturated heterocycles. The predicted molar refractivity (Wildman–Crippen MR) is 126 cm³/mol. The molecule has 4 heterocycles. The second kappa shape index (κ2) is 8.83. The number of aromatic nitrogens is 1. The highest BCUT2D eigenvalue weighted by molar-refractivity contribution is 7.16. The summed E-state index contributed by atoms with van der Waals surface area (Å²) in [5, 5.41) is 10.2. The van der Waals surface area contributed by atoms with Crippen molar-refractivity contribution in [3.8, 4) is 0 Å². The van der Waals surface area contributed by atoms with E-state index in [0.29, 0.717) is 0 Å². The number of fused-ring (bicyclic) bond motifs is 2. The van der Waals surface area contributed by atoms with Gasteiger partial charge in [0.05, 0.1) is 16.6 Å². The van der Waals surface area contributed by atoms with E-state index in [2.05, 4.69) is 34.6 Å². The number of benzene rings is 1. The summed E-state index contributed by atoms with van der Waals surface area (Å²) in [5.74, 6) is 0. The van der Waals surface area contributed by atoms with E-state index in [1.807, 2.05) is 18.5 Å². The van der Waals surface area contributed by atoms with Crippen LogP contribution in [-0.4, -0.2) is 35.6 Å². The number of halogens is 3. The van der Waals surface area contributed by atoms with Gasteiger partial charge in [-0.25, -0.2) is 0 Å². The van der Waals surface area contributed by atoms with Crippen LogP contribution in [0.25, 0.3) is 11.9 Å². The molecule has 0 spiro atoms. The summed E-state index contributed by atoms with van der Waals surface area (Å²) in [5.41, 5.74) is 2.64. The van der Waals surface area contributed by atoms with Gasteiger partial charge in [0.15, 0.2) is 0 Å². The summed E-state index contributed by atoms with van der Waals surface area (Å²) in [7, 11) is 0. The summed E-state index contributed by atoms with van der Waals surface area (Å²) in [6.45, 7) is 4.65. The van der Waals surface area contributed by atoms with Crippen LogP contribution < -0.4 is 21.2 Å². The van der Waals surface area contributed by atoms with Crippen LogP contribution in [-0.2, 0) is 12.6 Å². The van der Waals surface area contributed by atoms with Crippen molar-refractivity contribution in [1.29, 1.82) is 0 Å². The van der Waals surface area contributed by atoms with Crippen molar-refractivity contribution in [1.82, 2.24) is 15.2 Å². The number of nitrogens with one attached hydrogen (secondary N) is 2. The van der Waals surface area contributed by atoms with Gasteiger partial charge < -0.3 is 15.5 Å². The molecule has 2 aliphatic rings. The van der Waals surface area contributed by atoms with Crippen molar-refractivity contribution in [3.63, 3.8) is 0 Å². The number of rotatable bonds is 4. The molecule has 0 amide bonds. The molecule has 172 valence electrons. The Hall–Kier alpha value is -2.84. The molecular formula is C25H25F3N4S. The maximum absolute atomic E-state index is 12.8. The third-order valence-corrected chi connectivity index (χ3v) is 7.15. The molecule has 8 heteroatoms. The van der Waals surface area contributed by atoms with Gasteiger partial charge in [-0.05, 0) is 55.7 Å². The monoisotopic (exact) mass is 470 g/mol. The number of alkyl halides is 3. The first kappa shape index (κ1) is 22.0. The van der Waals surface area contributed by atoms with Crippen LogP contribution in [0.2, 0.25) is 0 Å². The first-order valence-electron chi connectivity index (χ1n) is 11.1. The summed E-state index contributed by atoms with van der Waals surface area (Å²) in [6.07, 6.45) is 1.14. The Kier molecular flexibility index (Phi) is 5.88. The van der Waals surface area contributed by atoms with Crippen LogP contribution in [0.5, 0.6) is 0 Å². The van der Waals surface area contributed by atoms with Gasteiger partial charge in [0.2, 0.25) is 0 Å². The van der Waals surface area contributed by atoms with Gasteiger partial charge in [0.25, 0.3) is 0 Å². The lowest BCUT2D eigenvalue weighted by Gasteiger charge is -2.36. The molecule has 33 heavy (non-hydrogen) atoms. The third-order valence-electron chi connectivity index (χ3n) is 6.17. The van der Waals surface area contributed by atoms with Crippen molar-refractivity contribution in [2.45, 2.75) is 32.0 Å². The van der Waals surface area contributed by atoms with E-state index in [1.54, 1.807) is 23.5 Å². The van der Waals surface area contributed by atoms with E-state index in [0.717, 1.165) is 59.3 Å². The van der Waals surface area contributed by atoms with Crippen LogP contribution in [0.3, 0.4) is 0 Å². The molecule has 2 aromatic heterocycles. The highest BCUT2D eigenvalue weighted by atomic mass is 32.1. The smallest absolute Gasteiger partial charge is 0.366 e. The minimum atomic E-state index is -4.30. The Morgan fingerprint density at radius 2 is 2.00 bits per heavy atom. The second-order valence-corrected chi connectivity index (χ2v) is 9.77. The molecule has 4 nitrogen and oxygen atoms in total. The quantitative estimate of drug-likeness (QED) is 0.610. The van der Waals surface area contributed by atoms with Crippen LogP contribution in [0.15, 0.2) is 48.7 Å². The van der Waals surface area contributed by atoms with Crippen LogP contribution in [0.4, 0.5) is 18.2 Å². The SMILES string of the molecule is Cc1cc2c(s1)NC=c1cccnc1=C2N1CCNC(CCc2ccc(C(F)(F)F)cc2)C1. The average Bonchev–Trinajstić information content (AvgIpc) is 3.10. The van der Waals surface area contributed by atoms with Crippen molar-refractivity contribution in [2.75, 3.05) is 25.0 Å². The van der Waals surface area contributed by atoms with Gasteiger partial charge in [-0.1, -0.05) is 12.1 Å². The van der Waals surface area contributed by atoms with Gasteiger partial charge in [-0.2, -0.15) is 13.2 Å². The Morgan fingerprint density at radius 1 is 1.18 bits per heavy atom. The van der Waals surface area contributed by atoms with Crippen molar-refractivity contribution < 1.29 is 13.2 Å². The number of pyridine rings is 1. The number of hydrogen-bond donors (Lipinski definition) is 2. The van der Waals surface area contributed by atoms with Gasteiger partial charge in [0, 0.05) is 53.7 Å². The van der Waals surface area contributed by atoms with Crippen LogP contribution >= 0.6 is 11.3 Å². The van der Waals surface area contributed by atoms with Gasteiger partial charge in [0.1, 0.15) is 5.00 Å². The lowest BCUT2D eigenvalue weighted by atomic mass is 10.0. The molecule has 1 fully saturated rings. The molecule has 3 aromatic rings. The van der Waals surface area contributed by atoms with Gasteiger partial charge in [-0.3, -0.25) is 4.98 Å². The zero-order chi connectivity index (χ0) is 23.0. The second-order valence-electron chi connectivity index (χ2n) is 8.51. The van der Waals surface area contributed by atoms with Crippen molar-refractivity contribution in [2.24, 2.45) is 0 Å². The highest BCUT2D eigenvalue weighted by Gasteiger charge is 2.30. The molecule has 2 aliphatic heterocycles. The maximum atomic E-state index is 12.8. The van der Waals surface area contributed by atoms with Crippen molar-refractivity contribution >= 4 is 28.2 Å². The average molecular weight is 471 g/mol. The largest absolute Gasteiger partial charge is 0.416 e. The fourth-order valence-electron chi connectivity index (χ4n) is 4.54. The van der Waals surface area contributed by atoms with Gasteiger partial charge in [-0.15, -0.1) is 11.3 Å². The predicted octanol–water partition coefficient (Wildman–Crippen LogP) is 3.70. The maximum Gasteiger partial charge on any atom is 0.416 e. The first-order chi connectivity index (χ1) is 15.9. The Morgan fingerprint density at radius 3 is 2.79 bits per heavy atom. The molecule has 0 radical (unpaired) electrons. The molecule has 5 rings (SSSR count). The number of anilines is 1. The number of piperazine rings is 1. The molecule has 1 aromatic carbocycles. The molecule has 0 bridgehead atoms. The molecule has 2 N–H and O–H groups in total. The Bertz CT molecular complexity index is 1260. The summed E-state index contributed by atoms with van der Waals surface area (Å²) in [4.78, 5) is 8.38. The number of hydrogen-bond acceptors (Lipinski definition) is 5.